The van der Waals surface area contributed by atoms with Crippen LogP contribution in [0.2, 0.25) is 0 Å². The van der Waals surface area contributed by atoms with Gasteiger partial charge in [-0.2, -0.15) is 0 Å². The molecule has 0 bridgehead atoms. The molecule has 1 rings (SSSR count). The predicted molar refractivity (Wildman–Crippen MR) is 52.2 cm³/mol. The summed E-state index contributed by atoms with van der Waals surface area (Å²) in [5.74, 6) is 0. The fourth-order valence-corrected chi connectivity index (χ4v) is 1.10. The Morgan fingerprint density at radius 1 is 1.62 bits per heavy atom. The van der Waals surface area contributed by atoms with Crippen LogP contribution in [-0.2, 0) is 6.54 Å². The van der Waals surface area contributed by atoms with E-state index in [9.17, 15) is 0 Å². The average molecular weight is 180 g/mol. The Bertz CT molecular complexity index is 222. The maximum atomic E-state index is 8.93. The first kappa shape index (κ1) is 10.2. The molecule has 3 heteroatoms. The van der Waals surface area contributed by atoms with Crippen molar-refractivity contribution in [3.63, 3.8) is 0 Å². The SMILES string of the molecule is CC[C@@H](CO)NCc1cccnc1. The lowest BCUT2D eigenvalue weighted by Crippen LogP contribution is -2.31. The lowest BCUT2D eigenvalue weighted by atomic mass is 10.2. The van der Waals surface area contributed by atoms with Gasteiger partial charge in [-0.3, -0.25) is 4.98 Å². The molecule has 13 heavy (non-hydrogen) atoms. The molecule has 0 unspecified atom stereocenters. The monoisotopic (exact) mass is 180 g/mol. The first-order chi connectivity index (χ1) is 6.36. The molecule has 1 heterocycles. The first-order valence-electron chi connectivity index (χ1n) is 4.60. The third kappa shape index (κ3) is 3.53. The van der Waals surface area contributed by atoms with Crippen molar-refractivity contribution in [3.8, 4) is 0 Å². The summed E-state index contributed by atoms with van der Waals surface area (Å²) < 4.78 is 0. The Morgan fingerprint density at radius 3 is 3.00 bits per heavy atom. The quantitative estimate of drug-likeness (QED) is 0.709. The molecule has 2 N–H and O–H groups in total. The summed E-state index contributed by atoms with van der Waals surface area (Å²) in [6.45, 7) is 3.01. The number of nitrogens with one attached hydrogen (secondary N) is 1. The van der Waals surface area contributed by atoms with Crippen LogP contribution in [-0.4, -0.2) is 22.7 Å². The summed E-state index contributed by atoms with van der Waals surface area (Å²) >= 11 is 0. The lowest BCUT2D eigenvalue weighted by molar-refractivity contribution is 0.238. The molecule has 0 aliphatic rings. The van der Waals surface area contributed by atoms with Gasteiger partial charge in [0, 0.05) is 25.0 Å². The number of aromatic nitrogens is 1. The highest BCUT2D eigenvalue weighted by Crippen LogP contribution is 1.97. The second kappa shape index (κ2) is 5.67. The molecule has 0 aromatic carbocycles. The summed E-state index contributed by atoms with van der Waals surface area (Å²) in [4.78, 5) is 4.01. The molecule has 0 saturated carbocycles. The van der Waals surface area contributed by atoms with E-state index in [4.69, 9.17) is 5.11 Å². The van der Waals surface area contributed by atoms with Crippen molar-refractivity contribution in [3.05, 3.63) is 30.1 Å². The van der Waals surface area contributed by atoms with Crippen LogP contribution in [0, 0.1) is 0 Å². The van der Waals surface area contributed by atoms with Crippen LogP contribution < -0.4 is 5.32 Å². The molecule has 1 atom stereocenters. The molecule has 0 radical (unpaired) electrons. The smallest absolute Gasteiger partial charge is 0.0584 e. The molecule has 0 aliphatic heterocycles. The van der Waals surface area contributed by atoms with Crippen LogP contribution in [0.15, 0.2) is 24.5 Å². The van der Waals surface area contributed by atoms with Gasteiger partial charge < -0.3 is 10.4 Å². The Morgan fingerprint density at radius 2 is 2.46 bits per heavy atom. The van der Waals surface area contributed by atoms with Crippen molar-refractivity contribution in [2.75, 3.05) is 6.61 Å². The third-order valence-electron chi connectivity index (χ3n) is 2.03. The van der Waals surface area contributed by atoms with Gasteiger partial charge in [0.1, 0.15) is 0 Å². The van der Waals surface area contributed by atoms with Gasteiger partial charge in [0.05, 0.1) is 6.61 Å². The van der Waals surface area contributed by atoms with Crippen LogP contribution >= 0.6 is 0 Å². The largest absolute Gasteiger partial charge is 0.395 e. The summed E-state index contributed by atoms with van der Waals surface area (Å²) in [6.07, 6.45) is 4.53. The van der Waals surface area contributed by atoms with Crippen LogP contribution in [0.5, 0.6) is 0 Å². The number of hydrogen-bond acceptors (Lipinski definition) is 3. The molecule has 0 aliphatic carbocycles. The zero-order chi connectivity index (χ0) is 9.52. The van der Waals surface area contributed by atoms with Gasteiger partial charge in [0.25, 0.3) is 0 Å². The van der Waals surface area contributed by atoms with E-state index >= 15 is 0 Å². The standard InChI is InChI=1S/C10H16N2O/c1-2-10(8-13)12-7-9-4-3-5-11-6-9/h3-6,10,12-13H,2,7-8H2,1H3/t10-/m0/s1. The van der Waals surface area contributed by atoms with Crippen molar-refractivity contribution in [2.45, 2.75) is 25.9 Å². The summed E-state index contributed by atoms with van der Waals surface area (Å²) in [6, 6.07) is 4.13. The van der Waals surface area contributed by atoms with Crippen molar-refractivity contribution in [1.29, 1.82) is 0 Å². The number of aliphatic hydroxyl groups is 1. The second-order valence-corrected chi connectivity index (χ2v) is 3.03. The Balaban J connectivity index is 2.34. The number of aliphatic hydroxyl groups excluding tert-OH is 1. The van der Waals surface area contributed by atoms with E-state index in [1.807, 2.05) is 18.3 Å². The molecular formula is C10H16N2O. The third-order valence-corrected chi connectivity index (χ3v) is 2.03. The molecule has 0 amide bonds. The lowest BCUT2D eigenvalue weighted by Gasteiger charge is -2.13. The fourth-order valence-electron chi connectivity index (χ4n) is 1.10. The van der Waals surface area contributed by atoms with E-state index in [2.05, 4.69) is 17.2 Å². The van der Waals surface area contributed by atoms with Crippen LogP contribution in [0.3, 0.4) is 0 Å². The van der Waals surface area contributed by atoms with E-state index in [1.54, 1.807) is 6.20 Å². The van der Waals surface area contributed by atoms with Crippen molar-refractivity contribution < 1.29 is 5.11 Å². The zero-order valence-electron chi connectivity index (χ0n) is 7.90. The number of rotatable bonds is 5. The highest BCUT2D eigenvalue weighted by Gasteiger charge is 2.02. The van der Waals surface area contributed by atoms with E-state index in [0.717, 1.165) is 18.5 Å². The zero-order valence-corrected chi connectivity index (χ0v) is 7.90. The topological polar surface area (TPSA) is 45.1 Å². The Labute approximate surface area is 78.8 Å². The highest BCUT2D eigenvalue weighted by molar-refractivity contribution is 5.07. The summed E-state index contributed by atoms with van der Waals surface area (Å²) in [7, 11) is 0. The van der Waals surface area contributed by atoms with Gasteiger partial charge in [0.15, 0.2) is 0 Å². The van der Waals surface area contributed by atoms with Gasteiger partial charge in [-0.15, -0.1) is 0 Å². The summed E-state index contributed by atoms with van der Waals surface area (Å²) in [5, 5.41) is 12.2. The number of hydrogen-bond donors (Lipinski definition) is 2. The minimum absolute atomic E-state index is 0.191. The van der Waals surface area contributed by atoms with Crippen molar-refractivity contribution in [1.82, 2.24) is 10.3 Å². The minimum Gasteiger partial charge on any atom is -0.395 e. The maximum Gasteiger partial charge on any atom is 0.0584 e. The number of nitrogens with zero attached hydrogens (tertiary/aromatic N) is 1. The normalized spacial score (nSPS) is 12.8. The van der Waals surface area contributed by atoms with Crippen molar-refractivity contribution in [2.24, 2.45) is 0 Å². The fraction of sp³-hybridized carbons (Fsp3) is 0.500. The molecule has 1 aromatic rings. The van der Waals surface area contributed by atoms with Gasteiger partial charge in [0.2, 0.25) is 0 Å². The van der Waals surface area contributed by atoms with Gasteiger partial charge in [-0.25, -0.2) is 0 Å². The van der Waals surface area contributed by atoms with Gasteiger partial charge >= 0.3 is 0 Å². The molecule has 0 saturated heterocycles. The molecule has 0 spiro atoms. The van der Waals surface area contributed by atoms with E-state index in [0.29, 0.717) is 0 Å². The first-order valence-corrected chi connectivity index (χ1v) is 4.60. The molecule has 3 nitrogen and oxygen atoms in total. The molecule has 1 aromatic heterocycles. The number of pyridine rings is 1. The Hall–Kier alpha value is -0.930. The van der Waals surface area contributed by atoms with Crippen LogP contribution in [0.4, 0.5) is 0 Å². The summed E-state index contributed by atoms with van der Waals surface area (Å²) in [5.41, 5.74) is 1.15. The van der Waals surface area contributed by atoms with Gasteiger partial charge in [-0.05, 0) is 18.1 Å². The predicted octanol–water partition coefficient (Wildman–Crippen LogP) is 0.942. The minimum atomic E-state index is 0.191. The van der Waals surface area contributed by atoms with E-state index < -0.39 is 0 Å². The van der Waals surface area contributed by atoms with Crippen LogP contribution in [0.1, 0.15) is 18.9 Å². The van der Waals surface area contributed by atoms with Crippen LogP contribution in [0.25, 0.3) is 0 Å². The average Bonchev–Trinajstić information content (AvgIpc) is 2.21. The Kier molecular flexibility index (Phi) is 4.43. The highest BCUT2D eigenvalue weighted by atomic mass is 16.3. The molecule has 72 valence electrons. The van der Waals surface area contributed by atoms with Crippen molar-refractivity contribution >= 4 is 0 Å². The molecular weight excluding hydrogens is 164 g/mol. The second-order valence-electron chi connectivity index (χ2n) is 3.03. The molecule has 0 fully saturated rings. The maximum absolute atomic E-state index is 8.93. The van der Waals surface area contributed by atoms with E-state index in [-0.39, 0.29) is 12.6 Å². The van der Waals surface area contributed by atoms with Gasteiger partial charge in [-0.1, -0.05) is 13.0 Å². The van der Waals surface area contributed by atoms with E-state index in [1.165, 1.54) is 0 Å².